The van der Waals surface area contributed by atoms with Crippen molar-refractivity contribution < 1.29 is 52.8 Å². The normalized spacial score (nSPS) is 19.1. The number of alkyl halides is 1. The van der Waals surface area contributed by atoms with Gasteiger partial charge in [0.15, 0.2) is 0 Å². The molecular weight excluding hydrogens is 751 g/mol. The second-order valence-electron chi connectivity index (χ2n) is 11.5. The maximum absolute atomic E-state index is 12.5. The average Bonchev–Trinajstić information content (AvgIpc) is 3.13. The lowest BCUT2D eigenvalue weighted by molar-refractivity contribution is -0.161. The highest BCUT2D eigenvalue weighted by Gasteiger charge is 2.40. The Morgan fingerprint density at radius 2 is 1.12 bits per heavy atom. The van der Waals surface area contributed by atoms with Crippen molar-refractivity contribution in [2.24, 2.45) is 0 Å². The molecule has 49 heavy (non-hydrogen) atoms. The van der Waals surface area contributed by atoms with Crippen LogP contribution in [-0.2, 0) is 38.1 Å². The van der Waals surface area contributed by atoms with Crippen molar-refractivity contribution in [2.45, 2.75) is 75.5 Å². The molecule has 2 heterocycles. The van der Waals surface area contributed by atoms with E-state index in [1.165, 1.54) is 26.0 Å². The lowest BCUT2D eigenvalue weighted by Crippen LogP contribution is -2.49. The summed E-state index contributed by atoms with van der Waals surface area (Å²) in [5.41, 5.74) is 1.63. The number of hydrogen-bond acceptors (Lipinski definition) is 11. The van der Waals surface area contributed by atoms with Gasteiger partial charge in [-0.1, -0.05) is 60.7 Å². The Labute approximate surface area is 300 Å². The number of carbonyl (C=O) groups is 5. The molecule has 2 aliphatic rings. The fraction of sp³-hybridized carbons (Fsp3) is 0.514. The summed E-state index contributed by atoms with van der Waals surface area (Å²) in [6, 6.07) is 18.0. The molecule has 2 amide bonds. The van der Waals surface area contributed by atoms with Crippen LogP contribution in [0.1, 0.15) is 68.4 Å². The summed E-state index contributed by atoms with van der Waals surface area (Å²) in [4.78, 5) is 63.9. The lowest BCUT2D eigenvalue weighted by Gasteiger charge is -2.38. The van der Waals surface area contributed by atoms with Gasteiger partial charge in [0.1, 0.15) is 22.6 Å². The number of rotatable bonds is 10. The highest BCUT2D eigenvalue weighted by molar-refractivity contribution is 14.1. The molecule has 0 radical (unpaired) electrons. The standard InChI is InChI=1S/C19H25NO7.C16H20INO4/c1-13(21)17(22)26-12-27-19(24)20-11-7-6-10-15(20)16(18(23)25-2)14-8-4-3-5-9-14;1-21-15(19)14(12-7-3-2-4-8-12)13-9-5-6-10-18(13)16(20)22-11-17/h3-5,8-9,13,15-16,21H,6-7,10-12H2,1-2H3;2-4,7-8,13-14H,5-6,9-11H2,1H3. The maximum Gasteiger partial charge on any atom is 0.412 e. The topological polar surface area (TPSA) is 158 Å². The zero-order valence-corrected chi connectivity index (χ0v) is 30.2. The van der Waals surface area contributed by atoms with Crippen LogP contribution in [0.25, 0.3) is 0 Å². The van der Waals surface area contributed by atoms with E-state index in [-0.39, 0.29) is 18.1 Å². The summed E-state index contributed by atoms with van der Waals surface area (Å²) in [6.07, 6.45) is 2.62. The van der Waals surface area contributed by atoms with Crippen LogP contribution in [0.2, 0.25) is 0 Å². The molecule has 2 aromatic carbocycles. The van der Waals surface area contributed by atoms with E-state index >= 15 is 0 Å². The number of halogens is 1. The minimum atomic E-state index is -1.30. The van der Waals surface area contributed by atoms with Gasteiger partial charge in [-0.15, -0.1) is 0 Å². The Bertz CT molecular complexity index is 1360. The number of benzene rings is 2. The summed E-state index contributed by atoms with van der Waals surface area (Å²) in [7, 11) is 2.70. The number of esters is 3. The first-order valence-electron chi connectivity index (χ1n) is 16.2. The van der Waals surface area contributed by atoms with Gasteiger partial charge < -0.3 is 38.6 Å². The number of aliphatic hydroxyl groups is 1. The molecule has 0 aliphatic carbocycles. The fourth-order valence-electron chi connectivity index (χ4n) is 6.14. The Morgan fingerprint density at radius 1 is 0.694 bits per heavy atom. The Kier molecular flexibility index (Phi) is 16.6. The van der Waals surface area contributed by atoms with E-state index in [1.54, 1.807) is 4.90 Å². The summed E-state index contributed by atoms with van der Waals surface area (Å²) in [5.74, 6) is -2.73. The molecule has 5 unspecified atom stereocenters. The number of likely N-dealkylation sites (tertiary alicyclic amines) is 2. The van der Waals surface area contributed by atoms with E-state index in [4.69, 9.17) is 24.1 Å². The Balaban J connectivity index is 0.000000271. The second kappa shape index (κ2) is 20.6. The predicted octanol–water partition coefficient (Wildman–Crippen LogP) is 5.14. The van der Waals surface area contributed by atoms with Crippen LogP contribution in [0.3, 0.4) is 0 Å². The number of nitrogens with zero attached hydrogens (tertiary/aromatic N) is 2. The van der Waals surface area contributed by atoms with Crippen molar-refractivity contribution in [1.82, 2.24) is 9.80 Å². The zero-order valence-electron chi connectivity index (χ0n) is 28.0. The smallest absolute Gasteiger partial charge is 0.412 e. The molecule has 5 atom stereocenters. The van der Waals surface area contributed by atoms with Gasteiger partial charge in [0, 0.05) is 13.1 Å². The molecule has 0 saturated carbocycles. The molecule has 2 aromatic rings. The minimum absolute atomic E-state index is 0.223. The number of aliphatic hydroxyl groups excluding tert-OH is 1. The molecule has 2 saturated heterocycles. The fourth-order valence-corrected chi connectivity index (χ4v) is 6.40. The third kappa shape index (κ3) is 11.3. The van der Waals surface area contributed by atoms with Crippen LogP contribution in [0.5, 0.6) is 0 Å². The summed E-state index contributed by atoms with van der Waals surface area (Å²) < 4.78 is 25.1. The molecule has 0 spiro atoms. The van der Waals surface area contributed by atoms with Gasteiger partial charge in [0.25, 0.3) is 0 Å². The summed E-state index contributed by atoms with van der Waals surface area (Å²) in [5, 5.41) is 9.09. The molecule has 2 fully saturated rings. The number of amides is 2. The first kappa shape index (κ1) is 39.5. The van der Waals surface area contributed by atoms with Gasteiger partial charge in [-0.3, -0.25) is 9.59 Å². The van der Waals surface area contributed by atoms with E-state index in [2.05, 4.69) is 4.74 Å². The molecule has 14 heteroatoms. The Morgan fingerprint density at radius 3 is 1.51 bits per heavy atom. The molecular formula is C35H45IN2O11. The van der Waals surface area contributed by atoms with Crippen LogP contribution < -0.4 is 0 Å². The highest BCUT2D eigenvalue weighted by atomic mass is 127. The quantitative estimate of drug-likeness (QED) is 0.112. The van der Waals surface area contributed by atoms with E-state index in [0.717, 1.165) is 43.2 Å². The molecule has 1 N–H and O–H groups in total. The van der Waals surface area contributed by atoms with Crippen molar-refractivity contribution in [2.75, 3.05) is 38.7 Å². The number of ether oxygens (including phenoxy) is 5. The summed E-state index contributed by atoms with van der Waals surface area (Å²) >= 11 is 1.99. The predicted molar refractivity (Wildman–Crippen MR) is 186 cm³/mol. The molecule has 0 bridgehead atoms. The molecule has 0 aromatic heterocycles. The molecule has 2 aliphatic heterocycles. The van der Waals surface area contributed by atoms with Gasteiger partial charge in [-0.05, 0) is 79.2 Å². The monoisotopic (exact) mass is 796 g/mol. The number of hydrogen-bond donors (Lipinski definition) is 1. The SMILES string of the molecule is COC(=O)C(c1ccccc1)C1CCCCN1C(=O)OCI.COC(=O)C(c1ccccc1)C1CCCCN1C(=O)OCOC(=O)C(C)O. The highest BCUT2D eigenvalue weighted by Crippen LogP contribution is 2.33. The van der Waals surface area contributed by atoms with Gasteiger partial charge in [0.2, 0.25) is 6.79 Å². The van der Waals surface area contributed by atoms with Crippen molar-refractivity contribution in [3.8, 4) is 0 Å². The lowest BCUT2D eigenvalue weighted by atomic mass is 9.85. The third-order valence-electron chi connectivity index (χ3n) is 8.47. The maximum atomic E-state index is 12.5. The molecule has 13 nitrogen and oxygen atoms in total. The van der Waals surface area contributed by atoms with E-state index in [1.807, 2.05) is 83.3 Å². The number of carbonyl (C=O) groups excluding carboxylic acids is 5. The van der Waals surface area contributed by atoms with Gasteiger partial charge in [-0.25, -0.2) is 14.4 Å². The average molecular weight is 797 g/mol. The number of methoxy groups -OCH3 is 2. The van der Waals surface area contributed by atoms with E-state index in [9.17, 15) is 24.0 Å². The van der Waals surface area contributed by atoms with Crippen molar-refractivity contribution in [3.05, 3.63) is 71.8 Å². The van der Waals surface area contributed by atoms with Crippen LogP contribution in [0, 0.1) is 0 Å². The zero-order chi connectivity index (χ0) is 35.8. The van der Waals surface area contributed by atoms with Crippen LogP contribution >= 0.6 is 22.6 Å². The van der Waals surface area contributed by atoms with Crippen LogP contribution in [0.15, 0.2) is 60.7 Å². The van der Waals surface area contributed by atoms with E-state index < -0.39 is 48.8 Å². The van der Waals surface area contributed by atoms with Crippen LogP contribution in [0.4, 0.5) is 9.59 Å². The summed E-state index contributed by atoms with van der Waals surface area (Å²) in [6.45, 7) is 1.69. The van der Waals surface area contributed by atoms with Crippen molar-refractivity contribution in [3.63, 3.8) is 0 Å². The largest absolute Gasteiger partial charge is 0.468 e. The second-order valence-corrected chi connectivity index (χ2v) is 12.1. The molecule has 268 valence electrons. The number of piperidine rings is 2. The van der Waals surface area contributed by atoms with E-state index in [0.29, 0.717) is 24.1 Å². The van der Waals surface area contributed by atoms with Gasteiger partial charge >= 0.3 is 30.1 Å². The van der Waals surface area contributed by atoms with Gasteiger partial charge in [0.05, 0.1) is 26.3 Å². The van der Waals surface area contributed by atoms with Crippen molar-refractivity contribution in [1.29, 1.82) is 0 Å². The van der Waals surface area contributed by atoms with Crippen LogP contribution in [-0.4, -0.2) is 102 Å². The Hall–Kier alpha value is -3.92. The molecule has 4 rings (SSSR count). The first-order valence-corrected chi connectivity index (χ1v) is 17.7. The minimum Gasteiger partial charge on any atom is -0.468 e. The van der Waals surface area contributed by atoms with Gasteiger partial charge in [-0.2, -0.15) is 0 Å². The third-order valence-corrected chi connectivity index (χ3v) is 8.78. The van der Waals surface area contributed by atoms with Crippen molar-refractivity contribution >= 4 is 52.7 Å². The first-order chi connectivity index (χ1) is 23.6.